The molecule has 5 rings (SSSR count). The van der Waals surface area contributed by atoms with Gasteiger partial charge in [-0.2, -0.15) is 0 Å². The van der Waals surface area contributed by atoms with Gasteiger partial charge in [0.2, 0.25) is 11.8 Å². The van der Waals surface area contributed by atoms with Crippen molar-refractivity contribution in [1.82, 2.24) is 0 Å². The average molecular weight is 398 g/mol. The molecule has 1 aliphatic carbocycles. The molecule has 0 unspecified atom stereocenters. The number of anilines is 1. The minimum Gasteiger partial charge on any atom is -0.274 e. The van der Waals surface area contributed by atoms with Crippen molar-refractivity contribution in [3.05, 3.63) is 106 Å². The Morgan fingerprint density at radius 3 is 2.00 bits per heavy atom. The van der Waals surface area contributed by atoms with Crippen LogP contribution in [0.15, 0.2) is 84.9 Å². The van der Waals surface area contributed by atoms with Crippen molar-refractivity contribution >= 4 is 23.2 Å². The number of nitro groups is 1. The summed E-state index contributed by atoms with van der Waals surface area (Å²) >= 11 is 0. The van der Waals surface area contributed by atoms with E-state index in [-0.39, 0.29) is 29.6 Å². The van der Waals surface area contributed by atoms with Crippen molar-refractivity contribution in [1.29, 1.82) is 0 Å². The van der Waals surface area contributed by atoms with Crippen LogP contribution in [0.1, 0.15) is 24.0 Å². The van der Waals surface area contributed by atoms with Gasteiger partial charge in [0.25, 0.3) is 5.69 Å². The van der Waals surface area contributed by atoms with Crippen LogP contribution in [-0.4, -0.2) is 16.7 Å². The molecule has 2 aliphatic rings. The maximum atomic E-state index is 13.7. The Balaban J connectivity index is 1.62. The monoisotopic (exact) mass is 398 g/mol. The Bertz CT molecular complexity index is 1140. The van der Waals surface area contributed by atoms with Gasteiger partial charge in [-0.1, -0.05) is 66.7 Å². The molecule has 1 saturated heterocycles. The number of hydrogen-bond acceptors (Lipinski definition) is 4. The highest BCUT2D eigenvalue weighted by Crippen LogP contribution is 2.72. The Morgan fingerprint density at radius 2 is 1.43 bits per heavy atom. The van der Waals surface area contributed by atoms with Gasteiger partial charge < -0.3 is 0 Å². The van der Waals surface area contributed by atoms with Crippen LogP contribution >= 0.6 is 0 Å². The number of hydrogen-bond donors (Lipinski definition) is 0. The number of imide groups is 1. The van der Waals surface area contributed by atoms with Crippen LogP contribution < -0.4 is 4.90 Å². The first-order valence-corrected chi connectivity index (χ1v) is 9.72. The molecule has 0 N–H and O–H groups in total. The summed E-state index contributed by atoms with van der Waals surface area (Å²) in [6.45, 7) is 0. The van der Waals surface area contributed by atoms with Crippen molar-refractivity contribution in [2.45, 2.75) is 18.3 Å². The second kappa shape index (κ2) is 6.35. The number of carbonyl (C=O) groups excluding carboxylic acids is 2. The molecule has 6 heteroatoms. The van der Waals surface area contributed by atoms with Gasteiger partial charge in [-0.05, 0) is 23.6 Å². The molecule has 1 aliphatic heterocycles. The first kappa shape index (κ1) is 18.2. The minimum absolute atomic E-state index is 0.0817. The maximum absolute atomic E-state index is 13.7. The minimum atomic E-state index is -0.878. The van der Waals surface area contributed by atoms with E-state index in [1.807, 2.05) is 60.7 Å². The first-order chi connectivity index (χ1) is 14.5. The summed E-state index contributed by atoms with van der Waals surface area (Å²) in [5, 5.41) is 11.2. The zero-order chi connectivity index (χ0) is 20.9. The third kappa shape index (κ3) is 2.37. The summed E-state index contributed by atoms with van der Waals surface area (Å²) in [7, 11) is 0. The quantitative estimate of drug-likeness (QED) is 0.374. The van der Waals surface area contributed by atoms with Crippen molar-refractivity contribution in [2.75, 3.05) is 4.90 Å². The Hall–Kier alpha value is -3.80. The highest BCUT2D eigenvalue weighted by molar-refractivity contribution is 6.25. The molecule has 3 aromatic carbocycles. The molecule has 30 heavy (non-hydrogen) atoms. The number of amides is 2. The van der Waals surface area contributed by atoms with Gasteiger partial charge in [0.1, 0.15) is 0 Å². The molecular weight excluding hydrogens is 380 g/mol. The SMILES string of the molecule is O=C1C[C@@]2(CC2(c2ccccc2)c2ccccc2)C(=O)N1c1cccc([N+](=O)[O-])c1. The van der Waals surface area contributed by atoms with E-state index in [0.29, 0.717) is 6.42 Å². The highest BCUT2D eigenvalue weighted by atomic mass is 16.6. The van der Waals surface area contributed by atoms with E-state index >= 15 is 0 Å². The average Bonchev–Trinajstić information content (AvgIpc) is 3.38. The fourth-order valence-electron chi connectivity index (χ4n) is 5.00. The summed E-state index contributed by atoms with van der Waals surface area (Å²) in [5.74, 6) is -0.616. The van der Waals surface area contributed by atoms with E-state index in [4.69, 9.17) is 0 Å². The van der Waals surface area contributed by atoms with Gasteiger partial charge in [-0.25, -0.2) is 4.90 Å². The number of benzene rings is 3. The molecule has 1 spiro atoms. The molecule has 1 heterocycles. The topological polar surface area (TPSA) is 80.5 Å². The Morgan fingerprint density at radius 1 is 0.833 bits per heavy atom. The van der Waals surface area contributed by atoms with Gasteiger partial charge >= 0.3 is 0 Å². The molecule has 148 valence electrons. The van der Waals surface area contributed by atoms with E-state index in [2.05, 4.69) is 0 Å². The Labute approximate surface area is 172 Å². The largest absolute Gasteiger partial charge is 0.274 e. The van der Waals surface area contributed by atoms with Crippen LogP contribution in [0.25, 0.3) is 0 Å². The Kier molecular flexibility index (Phi) is 3.86. The fourth-order valence-corrected chi connectivity index (χ4v) is 5.00. The zero-order valence-electron chi connectivity index (χ0n) is 16.0. The summed E-state index contributed by atoms with van der Waals surface area (Å²) < 4.78 is 0. The summed E-state index contributed by atoms with van der Waals surface area (Å²) in [4.78, 5) is 38.4. The van der Waals surface area contributed by atoms with Crippen LogP contribution in [0.4, 0.5) is 11.4 Å². The lowest BCUT2D eigenvalue weighted by molar-refractivity contribution is -0.384. The number of carbonyl (C=O) groups is 2. The third-order valence-corrected chi connectivity index (χ3v) is 6.41. The van der Waals surface area contributed by atoms with E-state index in [9.17, 15) is 19.7 Å². The smallest absolute Gasteiger partial charge is 0.271 e. The number of non-ortho nitro benzene ring substituents is 1. The van der Waals surface area contributed by atoms with E-state index in [1.54, 1.807) is 6.07 Å². The van der Waals surface area contributed by atoms with Gasteiger partial charge in [0.15, 0.2) is 0 Å². The molecule has 0 aromatic heterocycles. The normalized spacial score (nSPS) is 21.8. The van der Waals surface area contributed by atoms with Gasteiger partial charge in [0, 0.05) is 24.0 Å². The third-order valence-electron chi connectivity index (χ3n) is 6.41. The highest BCUT2D eigenvalue weighted by Gasteiger charge is 2.77. The standard InChI is InChI=1S/C24H18N2O4/c27-21-15-23(22(28)25(21)19-12-7-13-20(14-19)26(29)30)16-24(23,17-8-3-1-4-9-17)18-10-5-2-6-11-18/h1-14H,15-16H2/t23-/m1/s1. The molecule has 6 nitrogen and oxygen atoms in total. The molecule has 3 aromatic rings. The van der Waals surface area contributed by atoms with Crippen molar-refractivity contribution in [3.63, 3.8) is 0 Å². The predicted octanol–water partition coefficient (Wildman–Crippen LogP) is 4.23. The lowest BCUT2D eigenvalue weighted by Crippen LogP contribution is -2.33. The summed E-state index contributed by atoms with van der Waals surface area (Å²) in [6, 6.07) is 25.3. The van der Waals surface area contributed by atoms with E-state index < -0.39 is 15.8 Å². The molecule has 0 radical (unpaired) electrons. The number of nitrogens with zero attached hydrogens (tertiary/aromatic N) is 2. The van der Waals surface area contributed by atoms with Crippen molar-refractivity contribution < 1.29 is 14.5 Å². The second-order valence-corrected chi connectivity index (χ2v) is 7.88. The van der Waals surface area contributed by atoms with Crippen LogP contribution in [0, 0.1) is 15.5 Å². The molecule has 2 amide bonds. The van der Waals surface area contributed by atoms with E-state index in [0.717, 1.165) is 16.0 Å². The summed E-state index contributed by atoms with van der Waals surface area (Å²) in [6.07, 6.45) is 0.613. The van der Waals surface area contributed by atoms with Gasteiger partial charge in [-0.3, -0.25) is 19.7 Å². The van der Waals surface area contributed by atoms with Crippen LogP contribution in [0.3, 0.4) is 0 Å². The van der Waals surface area contributed by atoms with Crippen molar-refractivity contribution in [3.8, 4) is 0 Å². The van der Waals surface area contributed by atoms with E-state index in [1.165, 1.54) is 18.2 Å². The number of nitro benzene ring substituents is 1. The second-order valence-electron chi connectivity index (χ2n) is 7.88. The van der Waals surface area contributed by atoms with Gasteiger partial charge in [0.05, 0.1) is 16.0 Å². The van der Waals surface area contributed by atoms with Gasteiger partial charge in [-0.15, -0.1) is 0 Å². The predicted molar refractivity (Wildman–Crippen MR) is 111 cm³/mol. The lowest BCUT2D eigenvalue weighted by atomic mass is 9.79. The molecular formula is C24H18N2O4. The first-order valence-electron chi connectivity index (χ1n) is 9.72. The number of rotatable bonds is 4. The van der Waals surface area contributed by atoms with Crippen LogP contribution in [0.2, 0.25) is 0 Å². The van der Waals surface area contributed by atoms with Crippen LogP contribution in [-0.2, 0) is 15.0 Å². The maximum Gasteiger partial charge on any atom is 0.271 e. The molecule has 0 bridgehead atoms. The zero-order valence-corrected chi connectivity index (χ0v) is 16.0. The lowest BCUT2D eigenvalue weighted by Gasteiger charge is -2.23. The molecule has 1 atom stereocenters. The van der Waals surface area contributed by atoms with Crippen LogP contribution in [0.5, 0.6) is 0 Å². The molecule has 2 fully saturated rings. The summed E-state index contributed by atoms with van der Waals surface area (Å²) in [5.41, 5.74) is 0.631. The molecule has 1 saturated carbocycles. The van der Waals surface area contributed by atoms with Crippen molar-refractivity contribution in [2.24, 2.45) is 5.41 Å². The fraction of sp³-hybridized carbons (Fsp3) is 0.167.